The molecule has 2 atom stereocenters. The smallest absolute Gasteiger partial charge is 0.416 e. The van der Waals surface area contributed by atoms with Crippen molar-refractivity contribution < 1.29 is 17.9 Å². The molecule has 0 saturated heterocycles. The van der Waals surface area contributed by atoms with Crippen LogP contribution in [0, 0.1) is 0 Å². The topological polar surface area (TPSA) is 80.1 Å². The second-order valence-corrected chi connectivity index (χ2v) is 9.51. The molecule has 4 rings (SSSR count). The zero-order valence-electron chi connectivity index (χ0n) is 18.0. The lowest BCUT2D eigenvalue weighted by Gasteiger charge is -2.38. The number of hydrogen-bond acceptors (Lipinski definition) is 7. The third-order valence-corrected chi connectivity index (χ3v) is 6.89. The van der Waals surface area contributed by atoms with Gasteiger partial charge in [-0.05, 0) is 42.8 Å². The van der Waals surface area contributed by atoms with E-state index in [9.17, 15) is 13.2 Å². The Labute approximate surface area is 209 Å². The van der Waals surface area contributed by atoms with Crippen molar-refractivity contribution in [2.75, 3.05) is 16.4 Å². The first-order valence-electron chi connectivity index (χ1n) is 10.5. The Morgan fingerprint density at radius 3 is 2.29 bits per heavy atom. The van der Waals surface area contributed by atoms with Gasteiger partial charge in [0.2, 0.25) is 0 Å². The van der Waals surface area contributed by atoms with E-state index in [0.29, 0.717) is 38.8 Å². The van der Waals surface area contributed by atoms with Crippen LogP contribution in [0.5, 0.6) is 0 Å². The van der Waals surface area contributed by atoms with Crippen LogP contribution in [0.25, 0.3) is 0 Å². The number of thioether (sulfide) groups is 1. The fraction of sp³-hybridized carbons (Fsp3) is 0.318. The molecule has 2 unspecified atom stereocenters. The van der Waals surface area contributed by atoms with E-state index in [2.05, 4.69) is 4.99 Å². The SMILES string of the molecule is CCCCOC1=NC2=C(C(N)N1c1ccc(C(F)(F)F)cc1)N(c1c(Cl)cccc1Cl)C(N)S2. The summed E-state index contributed by atoms with van der Waals surface area (Å²) >= 11 is 14.2. The van der Waals surface area contributed by atoms with Gasteiger partial charge < -0.3 is 21.1 Å². The molecule has 2 aromatic carbocycles. The first kappa shape index (κ1) is 25.0. The molecule has 6 nitrogen and oxygen atoms in total. The highest BCUT2D eigenvalue weighted by Crippen LogP contribution is 2.48. The fourth-order valence-corrected chi connectivity index (χ4v) is 5.26. The molecule has 0 saturated carbocycles. The van der Waals surface area contributed by atoms with Crippen LogP contribution in [0.4, 0.5) is 24.5 Å². The summed E-state index contributed by atoms with van der Waals surface area (Å²) in [5, 5.41) is 1.28. The van der Waals surface area contributed by atoms with Gasteiger partial charge in [0.1, 0.15) is 16.7 Å². The van der Waals surface area contributed by atoms with E-state index in [4.69, 9.17) is 39.4 Å². The van der Waals surface area contributed by atoms with Crippen molar-refractivity contribution in [2.45, 2.75) is 37.6 Å². The third-order valence-electron chi connectivity index (χ3n) is 5.31. The first-order chi connectivity index (χ1) is 16.1. The van der Waals surface area contributed by atoms with E-state index >= 15 is 0 Å². The van der Waals surface area contributed by atoms with Crippen LogP contribution < -0.4 is 21.3 Å². The summed E-state index contributed by atoms with van der Waals surface area (Å²) in [6, 6.07) is 9.92. The molecule has 2 aromatic rings. The van der Waals surface area contributed by atoms with Crippen LogP contribution in [-0.2, 0) is 10.9 Å². The van der Waals surface area contributed by atoms with Gasteiger partial charge in [0.15, 0.2) is 0 Å². The summed E-state index contributed by atoms with van der Waals surface area (Å²) in [5.74, 6) is 0. The highest BCUT2D eigenvalue weighted by molar-refractivity contribution is 8.04. The molecule has 0 spiro atoms. The number of nitrogens with zero attached hydrogens (tertiary/aromatic N) is 3. The monoisotopic (exact) mass is 531 g/mol. The first-order valence-corrected chi connectivity index (χ1v) is 12.1. The Bertz CT molecular complexity index is 1110. The van der Waals surface area contributed by atoms with E-state index in [1.165, 1.54) is 23.9 Å². The van der Waals surface area contributed by atoms with Gasteiger partial charge in [-0.3, -0.25) is 4.90 Å². The lowest BCUT2D eigenvalue weighted by atomic mass is 10.1. The number of para-hydroxylation sites is 1. The molecule has 2 aliphatic rings. The number of alkyl halides is 3. The molecule has 12 heteroatoms. The Hall–Kier alpha value is -2.11. The number of rotatable bonds is 5. The minimum atomic E-state index is -4.46. The summed E-state index contributed by atoms with van der Waals surface area (Å²) in [6.07, 6.45) is -3.67. The molecule has 0 amide bonds. The largest absolute Gasteiger partial charge is 0.465 e. The number of anilines is 2. The number of amidine groups is 1. The third kappa shape index (κ3) is 4.70. The highest BCUT2D eigenvalue weighted by Gasteiger charge is 2.43. The van der Waals surface area contributed by atoms with Crippen molar-refractivity contribution >= 4 is 52.4 Å². The van der Waals surface area contributed by atoms with Crippen molar-refractivity contribution in [1.82, 2.24) is 0 Å². The number of unbranched alkanes of at least 4 members (excludes halogenated alkanes) is 1. The normalized spacial score (nSPS) is 20.5. The van der Waals surface area contributed by atoms with Gasteiger partial charge in [-0.2, -0.15) is 18.2 Å². The maximum Gasteiger partial charge on any atom is 0.416 e. The minimum Gasteiger partial charge on any atom is -0.465 e. The molecular weight excluding hydrogens is 510 g/mol. The molecule has 2 aliphatic heterocycles. The van der Waals surface area contributed by atoms with Gasteiger partial charge in [0.25, 0.3) is 6.02 Å². The molecule has 4 N–H and O–H groups in total. The van der Waals surface area contributed by atoms with Crippen molar-refractivity contribution in [3.05, 3.63) is 68.8 Å². The number of hydrogen-bond donors (Lipinski definition) is 2. The van der Waals surface area contributed by atoms with Gasteiger partial charge in [-0.15, -0.1) is 0 Å². The molecule has 0 aliphatic carbocycles. The van der Waals surface area contributed by atoms with Gasteiger partial charge >= 0.3 is 6.18 Å². The Morgan fingerprint density at radius 1 is 1.06 bits per heavy atom. The molecular formula is C22H22Cl2F3N5OS. The molecule has 0 fully saturated rings. The van der Waals surface area contributed by atoms with Gasteiger partial charge in [-0.1, -0.05) is 54.4 Å². The van der Waals surface area contributed by atoms with E-state index in [-0.39, 0.29) is 6.02 Å². The van der Waals surface area contributed by atoms with Crippen LogP contribution in [0.2, 0.25) is 10.0 Å². The van der Waals surface area contributed by atoms with Crippen LogP contribution >= 0.6 is 35.0 Å². The molecule has 34 heavy (non-hydrogen) atoms. The van der Waals surface area contributed by atoms with Crippen LogP contribution in [0.3, 0.4) is 0 Å². The predicted octanol–water partition coefficient (Wildman–Crippen LogP) is 5.95. The van der Waals surface area contributed by atoms with Crippen LogP contribution in [0.1, 0.15) is 25.3 Å². The Kier molecular flexibility index (Phi) is 7.25. The van der Waals surface area contributed by atoms with Crippen LogP contribution in [-0.4, -0.2) is 24.3 Å². The second-order valence-electron chi connectivity index (χ2n) is 7.59. The summed E-state index contributed by atoms with van der Waals surface area (Å²) in [7, 11) is 0. The average molecular weight is 532 g/mol. The number of halogens is 5. The molecule has 0 radical (unpaired) electrons. The lowest BCUT2D eigenvalue weighted by molar-refractivity contribution is -0.137. The summed E-state index contributed by atoms with van der Waals surface area (Å²) in [5.41, 5.74) is 13.1. The number of ether oxygens (including phenoxy) is 1. The number of aliphatic imine (C=N–C) groups is 1. The summed E-state index contributed by atoms with van der Waals surface area (Å²) in [4.78, 5) is 7.89. The quantitative estimate of drug-likeness (QED) is 0.463. The zero-order chi connectivity index (χ0) is 24.6. The minimum absolute atomic E-state index is 0.186. The van der Waals surface area contributed by atoms with Crippen molar-refractivity contribution in [3.63, 3.8) is 0 Å². The van der Waals surface area contributed by atoms with Crippen molar-refractivity contribution in [2.24, 2.45) is 16.5 Å². The zero-order valence-corrected chi connectivity index (χ0v) is 20.3. The Balaban J connectivity index is 1.78. The van der Waals surface area contributed by atoms with Gasteiger partial charge in [0, 0.05) is 5.69 Å². The fourth-order valence-electron chi connectivity index (χ4n) is 3.66. The van der Waals surface area contributed by atoms with Crippen LogP contribution in [0.15, 0.2) is 58.2 Å². The van der Waals surface area contributed by atoms with Gasteiger partial charge in [-0.25, -0.2) is 0 Å². The highest BCUT2D eigenvalue weighted by atomic mass is 35.5. The van der Waals surface area contributed by atoms with E-state index in [1.807, 2.05) is 6.92 Å². The number of nitrogens with two attached hydrogens (primary N) is 2. The van der Waals surface area contributed by atoms with Gasteiger partial charge in [0.05, 0.1) is 33.6 Å². The molecule has 2 heterocycles. The lowest BCUT2D eigenvalue weighted by Crippen LogP contribution is -2.54. The van der Waals surface area contributed by atoms with Crippen molar-refractivity contribution in [1.29, 1.82) is 0 Å². The standard InChI is InChI=1S/C22H22Cl2F3N5OS/c1-2-3-11-33-21-30-19-17(32(20(29)34-19)16-14(23)5-4-6-15(16)24)18(28)31(21)13-9-7-12(8-10-13)22(25,26)27/h4-10,18,20H,2-3,11,28-29H2,1H3. The maximum absolute atomic E-state index is 13.1. The molecule has 182 valence electrons. The average Bonchev–Trinajstić information content (AvgIpc) is 3.09. The number of benzene rings is 2. The van der Waals surface area contributed by atoms with E-state index in [1.54, 1.807) is 28.0 Å². The van der Waals surface area contributed by atoms with E-state index in [0.717, 1.165) is 25.0 Å². The molecule has 0 bridgehead atoms. The molecule has 0 aromatic heterocycles. The van der Waals surface area contributed by atoms with E-state index < -0.39 is 23.4 Å². The second kappa shape index (κ2) is 9.87. The summed E-state index contributed by atoms with van der Waals surface area (Å²) in [6.45, 7) is 2.39. The van der Waals surface area contributed by atoms with Crippen molar-refractivity contribution in [3.8, 4) is 0 Å². The maximum atomic E-state index is 13.1. The summed E-state index contributed by atoms with van der Waals surface area (Å²) < 4.78 is 45.2. The Morgan fingerprint density at radius 2 is 1.71 bits per heavy atom. The predicted molar refractivity (Wildman–Crippen MR) is 132 cm³/mol.